The first kappa shape index (κ1) is 13.8. The van der Waals surface area contributed by atoms with Crippen LogP contribution < -0.4 is 5.73 Å². The average Bonchev–Trinajstić information content (AvgIpc) is 2.27. The van der Waals surface area contributed by atoms with Gasteiger partial charge >= 0.3 is 0 Å². The SMILES string of the molecule is C=C(C)CN(CC)CCCc1cccc(N)c1. The molecule has 0 bridgehead atoms. The smallest absolute Gasteiger partial charge is 0.0316 e. The molecule has 0 aliphatic rings. The van der Waals surface area contributed by atoms with Gasteiger partial charge in [-0.05, 0) is 50.6 Å². The molecule has 0 saturated heterocycles. The van der Waals surface area contributed by atoms with Crippen molar-refractivity contribution in [1.29, 1.82) is 0 Å². The highest BCUT2D eigenvalue weighted by atomic mass is 15.1. The van der Waals surface area contributed by atoms with Crippen molar-refractivity contribution in [2.24, 2.45) is 0 Å². The molecule has 0 aliphatic heterocycles. The second kappa shape index (κ2) is 7.13. The lowest BCUT2D eigenvalue weighted by Crippen LogP contribution is -2.26. The van der Waals surface area contributed by atoms with E-state index in [1.807, 2.05) is 12.1 Å². The molecule has 0 unspecified atom stereocenters. The van der Waals surface area contributed by atoms with Crippen molar-refractivity contribution in [2.75, 3.05) is 25.4 Å². The molecule has 0 atom stereocenters. The summed E-state index contributed by atoms with van der Waals surface area (Å²) < 4.78 is 0. The van der Waals surface area contributed by atoms with E-state index >= 15 is 0 Å². The fraction of sp³-hybridized carbons (Fsp3) is 0.467. The lowest BCUT2D eigenvalue weighted by atomic mass is 10.1. The molecule has 0 radical (unpaired) electrons. The Morgan fingerprint density at radius 2 is 2.18 bits per heavy atom. The van der Waals surface area contributed by atoms with Gasteiger partial charge in [-0.25, -0.2) is 0 Å². The zero-order valence-electron chi connectivity index (χ0n) is 11.1. The van der Waals surface area contributed by atoms with E-state index in [0.717, 1.165) is 31.7 Å². The van der Waals surface area contributed by atoms with Crippen LogP contribution in [0.4, 0.5) is 5.69 Å². The summed E-state index contributed by atoms with van der Waals surface area (Å²) in [5, 5.41) is 0. The van der Waals surface area contributed by atoms with Crippen LogP contribution in [-0.4, -0.2) is 24.5 Å². The van der Waals surface area contributed by atoms with Crippen LogP contribution in [0.3, 0.4) is 0 Å². The number of hydrogen-bond donors (Lipinski definition) is 1. The predicted octanol–water partition coefficient (Wildman–Crippen LogP) is 3.10. The minimum atomic E-state index is 0.858. The van der Waals surface area contributed by atoms with Gasteiger partial charge in [0.25, 0.3) is 0 Å². The summed E-state index contributed by atoms with van der Waals surface area (Å²) in [5.74, 6) is 0. The van der Waals surface area contributed by atoms with Crippen molar-refractivity contribution in [3.8, 4) is 0 Å². The fourth-order valence-corrected chi connectivity index (χ4v) is 1.99. The second-order valence-electron chi connectivity index (χ2n) is 4.67. The second-order valence-corrected chi connectivity index (χ2v) is 4.67. The summed E-state index contributed by atoms with van der Waals surface area (Å²) in [7, 11) is 0. The van der Waals surface area contributed by atoms with Crippen LogP contribution in [0.1, 0.15) is 25.8 Å². The van der Waals surface area contributed by atoms with Gasteiger partial charge in [0.15, 0.2) is 0 Å². The normalized spacial score (nSPS) is 10.8. The molecule has 2 heteroatoms. The molecule has 1 rings (SSSR count). The number of nitrogens with zero attached hydrogens (tertiary/aromatic N) is 1. The van der Waals surface area contributed by atoms with Gasteiger partial charge in [-0.1, -0.05) is 31.2 Å². The maximum atomic E-state index is 5.76. The molecule has 17 heavy (non-hydrogen) atoms. The number of rotatable bonds is 7. The van der Waals surface area contributed by atoms with Gasteiger partial charge in [-0.3, -0.25) is 4.90 Å². The first-order chi connectivity index (χ1) is 8.11. The molecular formula is C15H24N2. The number of aryl methyl sites for hydroxylation is 1. The first-order valence-electron chi connectivity index (χ1n) is 6.33. The Morgan fingerprint density at radius 3 is 2.76 bits per heavy atom. The number of hydrogen-bond acceptors (Lipinski definition) is 2. The Morgan fingerprint density at radius 1 is 1.41 bits per heavy atom. The zero-order chi connectivity index (χ0) is 12.7. The van der Waals surface area contributed by atoms with E-state index in [9.17, 15) is 0 Å². The zero-order valence-corrected chi connectivity index (χ0v) is 11.1. The molecule has 0 amide bonds. The van der Waals surface area contributed by atoms with E-state index in [2.05, 4.69) is 37.5 Å². The summed E-state index contributed by atoms with van der Waals surface area (Å²) in [6.07, 6.45) is 2.27. The fourth-order valence-electron chi connectivity index (χ4n) is 1.99. The van der Waals surface area contributed by atoms with Gasteiger partial charge in [0.05, 0.1) is 0 Å². The minimum Gasteiger partial charge on any atom is -0.399 e. The Labute approximate surface area is 105 Å². The van der Waals surface area contributed by atoms with Crippen LogP contribution in [-0.2, 0) is 6.42 Å². The monoisotopic (exact) mass is 232 g/mol. The van der Waals surface area contributed by atoms with E-state index in [1.165, 1.54) is 17.6 Å². The van der Waals surface area contributed by atoms with Crippen LogP contribution in [0.25, 0.3) is 0 Å². The number of nitrogen functional groups attached to an aromatic ring is 1. The highest BCUT2D eigenvalue weighted by molar-refractivity contribution is 5.40. The molecule has 2 nitrogen and oxygen atoms in total. The van der Waals surface area contributed by atoms with E-state index in [4.69, 9.17) is 5.73 Å². The van der Waals surface area contributed by atoms with Crippen molar-refractivity contribution in [2.45, 2.75) is 26.7 Å². The van der Waals surface area contributed by atoms with Gasteiger partial charge in [-0.2, -0.15) is 0 Å². The molecule has 1 aromatic carbocycles. The topological polar surface area (TPSA) is 29.3 Å². The minimum absolute atomic E-state index is 0.858. The predicted molar refractivity (Wildman–Crippen MR) is 76.1 cm³/mol. The Kier molecular flexibility index (Phi) is 5.78. The molecular weight excluding hydrogens is 208 g/mol. The van der Waals surface area contributed by atoms with Gasteiger partial charge in [0.2, 0.25) is 0 Å². The van der Waals surface area contributed by atoms with E-state index in [-0.39, 0.29) is 0 Å². The number of anilines is 1. The van der Waals surface area contributed by atoms with Gasteiger partial charge < -0.3 is 5.73 Å². The van der Waals surface area contributed by atoms with Gasteiger partial charge in [0.1, 0.15) is 0 Å². The van der Waals surface area contributed by atoms with Crippen molar-refractivity contribution < 1.29 is 0 Å². The maximum absolute atomic E-state index is 5.76. The molecule has 0 aromatic heterocycles. The number of benzene rings is 1. The Hall–Kier alpha value is -1.28. The summed E-state index contributed by atoms with van der Waals surface area (Å²) in [5.41, 5.74) is 9.18. The van der Waals surface area contributed by atoms with Crippen molar-refractivity contribution in [1.82, 2.24) is 4.90 Å². The summed E-state index contributed by atoms with van der Waals surface area (Å²) in [6, 6.07) is 8.17. The quantitative estimate of drug-likeness (QED) is 0.578. The molecule has 0 aliphatic carbocycles. The van der Waals surface area contributed by atoms with Gasteiger partial charge in [0, 0.05) is 12.2 Å². The molecule has 0 saturated carbocycles. The van der Waals surface area contributed by atoms with Crippen LogP contribution in [0.5, 0.6) is 0 Å². The Bertz CT molecular complexity index is 358. The van der Waals surface area contributed by atoms with Crippen LogP contribution >= 0.6 is 0 Å². The first-order valence-corrected chi connectivity index (χ1v) is 6.33. The summed E-state index contributed by atoms with van der Waals surface area (Å²) in [6.45, 7) is 11.5. The molecule has 1 aromatic rings. The standard InChI is InChI=1S/C15H24N2/c1-4-17(12-13(2)3)10-6-8-14-7-5-9-15(16)11-14/h5,7,9,11H,2,4,6,8,10,12,16H2,1,3H3. The average molecular weight is 232 g/mol. The lowest BCUT2D eigenvalue weighted by molar-refractivity contribution is 0.308. The third-order valence-electron chi connectivity index (χ3n) is 2.83. The lowest BCUT2D eigenvalue weighted by Gasteiger charge is -2.20. The van der Waals surface area contributed by atoms with Crippen molar-refractivity contribution in [3.63, 3.8) is 0 Å². The number of likely N-dealkylation sites (N-methyl/N-ethyl adjacent to an activating group) is 1. The summed E-state index contributed by atoms with van der Waals surface area (Å²) >= 11 is 0. The largest absolute Gasteiger partial charge is 0.399 e. The highest BCUT2D eigenvalue weighted by Crippen LogP contribution is 2.09. The Balaban J connectivity index is 2.33. The molecule has 0 heterocycles. The van der Waals surface area contributed by atoms with E-state index in [1.54, 1.807) is 0 Å². The van der Waals surface area contributed by atoms with Crippen LogP contribution in [0, 0.1) is 0 Å². The van der Waals surface area contributed by atoms with Gasteiger partial charge in [-0.15, -0.1) is 0 Å². The van der Waals surface area contributed by atoms with E-state index in [0.29, 0.717) is 0 Å². The molecule has 94 valence electrons. The number of nitrogens with two attached hydrogens (primary N) is 1. The molecule has 2 N–H and O–H groups in total. The third-order valence-corrected chi connectivity index (χ3v) is 2.83. The van der Waals surface area contributed by atoms with Crippen LogP contribution in [0.15, 0.2) is 36.4 Å². The van der Waals surface area contributed by atoms with E-state index < -0.39 is 0 Å². The van der Waals surface area contributed by atoms with Crippen molar-refractivity contribution >= 4 is 5.69 Å². The summed E-state index contributed by atoms with van der Waals surface area (Å²) in [4.78, 5) is 2.43. The highest BCUT2D eigenvalue weighted by Gasteiger charge is 2.02. The third kappa shape index (κ3) is 5.55. The molecule has 0 spiro atoms. The van der Waals surface area contributed by atoms with Crippen LogP contribution in [0.2, 0.25) is 0 Å². The van der Waals surface area contributed by atoms with Crippen molar-refractivity contribution in [3.05, 3.63) is 42.0 Å². The maximum Gasteiger partial charge on any atom is 0.0316 e. The molecule has 0 fully saturated rings.